The molecule has 1 unspecified atom stereocenters. The number of carbonyl (C=O) groups excluding carboxylic acids is 1. The van der Waals surface area contributed by atoms with Gasteiger partial charge in [-0.1, -0.05) is 48.5 Å². The number of aromatic nitrogens is 1. The number of rotatable bonds is 5. The SMILES string of the molecule is CC(C)(C)OC(=O)N1CCN(CCOc2cccc3c2c2cccc4c2n3C(c2ccccc2)CO4)CC1. The Balaban J connectivity index is 1.20. The van der Waals surface area contributed by atoms with E-state index in [0.29, 0.717) is 26.3 Å². The van der Waals surface area contributed by atoms with Crippen LogP contribution in [0.5, 0.6) is 11.5 Å². The second-order valence-electron chi connectivity index (χ2n) is 11.1. The van der Waals surface area contributed by atoms with E-state index in [1.165, 1.54) is 5.56 Å². The molecule has 0 bridgehead atoms. The molecular weight excluding hydrogens is 478 g/mol. The molecule has 2 aliphatic heterocycles. The van der Waals surface area contributed by atoms with E-state index in [0.717, 1.165) is 52.9 Å². The smallest absolute Gasteiger partial charge is 0.410 e. The average Bonchev–Trinajstić information content (AvgIpc) is 3.26. The maximum absolute atomic E-state index is 12.4. The third-order valence-electron chi connectivity index (χ3n) is 7.35. The predicted molar refractivity (Wildman–Crippen MR) is 149 cm³/mol. The quantitative estimate of drug-likeness (QED) is 0.342. The molecule has 2 aliphatic rings. The second-order valence-corrected chi connectivity index (χ2v) is 11.1. The molecule has 6 rings (SSSR count). The number of hydrogen-bond donors (Lipinski definition) is 0. The van der Waals surface area contributed by atoms with Gasteiger partial charge in [0.15, 0.2) is 0 Å². The van der Waals surface area contributed by atoms with Gasteiger partial charge in [0, 0.05) is 43.5 Å². The zero-order valence-electron chi connectivity index (χ0n) is 22.4. The maximum Gasteiger partial charge on any atom is 0.410 e. The minimum Gasteiger partial charge on any atom is -0.492 e. The summed E-state index contributed by atoms with van der Waals surface area (Å²) >= 11 is 0. The summed E-state index contributed by atoms with van der Waals surface area (Å²) in [6, 6.07) is 23.3. The van der Waals surface area contributed by atoms with Crippen molar-refractivity contribution in [2.45, 2.75) is 32.4 Å². The Kier molecular flexibility index (Phi) is 6.40. The Labute approximate surface area is 223 Å². The molecule has 198 valence electrons. The number of piperazine rings is 1. The lowest BCUT2D eigenvalue weighted by atomic mass is 10.1. The maximum atomic E-state index is 12.4. The number of benzene rings is 3. The minimum atomic E-state index is -0.473. The highest BCUT2D eigenvalue weighted by atomic mass is 16.6. The number of fused-ring (bicyclic) bond motifs is 3. The molecule has 1 aromatic heterocycles. The standard InChI is InChI=1S/C31H35N3O4/c1-31(2,3)38-30(35)33-17-15-32(16-18-33)19-20-36-26-13-8-12-24-28(26)23-11-7-14-27-29(23)34(24)25(21-37-27)22-9-5-4-6-10-22/h4-14,25H,15-21H2,1-3H3. The number of amides is 1. The van der Waals surface area contributed by atoms with E-state index < -0.39 is 5.60 Å². The van der Waals surface area contributed by atoms with E-state index in [1.54, 1.807) is 4.90 Å². The molecule has 3 heterocycles. The van der Waals surface area contributed by atoms with Crippen molar-refractivity contribution in [1.29, 1.82) is 0 Å². The van der Waals surface area contributed by atoms with E-state index in [9.17, 15) is 4.79 Å². The number of ether oxygens (including phenoxy) is 3. The Bertz CT molecular complexity index is 1450. The van der Waals surface area contributed by atoms with Crippen LogP contribution in [-0.2, 0) is 4.74 Å². The lowest BCUT2D eigenvalue weighted by Gasteiger charge is -2.35. The second kappa shape index (κ2) is 9.87. The van der Waals surface area contributed by atoms with Crippen molar-refractivity contribution in [2.75, 3.05) is 45.9 Å². The van der Waals surface area contributed by atoms with Crippen LogP contribution in [0.3, 0.4) is 0 Å². The fraction of sp³-hybridized carbons (Fsp3) is 0.387. The molecule has 0 N–H and O–H groups in total. The summed E-state index contributed by atoms with van der Waals surface area (Å²) in [5, 5.41) is 2.28. The molecular formula is C31H35N3O4. The first kappa shape index (κ1) is 24.6. The van der Waals surface area contributed by atoms with Crippen LogP contribution in [0.4, 0.5) is 4.79 Å². The monoisotopic (exact) mass is 513 g/mol. The molecule has 1 atom stereocenters. The Morgan fingerprint density at radius 3 is 2.47 bits per heavy atom. The highest BCUT2D eigenvalue weighted by Gasteiger charge is 2.29. The third-order valence-corrected chi connectivity index (χ3v) is 7.35. The summed E-state index contributed by atoms with van der Waals surface area (Å²) in [6.07, 6.45) is -0.231. The summed E-state index contributed by atoms with van der Waals surface area (Å²) in [5.41, 5.74) is 3.04. The van der Waals surface area contributed by atoms with Crippen molar-refractivity contribution in [3.05, 3.63) is 72.3 Å². The van der Waals surface area contributed by atoms with Crippen molar-refractivity contribution >= 4 is 27.9 Å². The van der Waals surface area contributed by atoms with Crippen molar-refractivity contribution in [3.63, 3.8) is 0 Å². The van der Waals surface area contributed by atoms with E-state index in [2.05, 4.69) is 70.1 Å². The van der Waals surface area contributed by atoms with Gasteiger partial charge in [0.2, 0.25) is 0 Å². The van der Waals surface area contributed by atoms with Gasteiger partial charge >= 0.3 is 6.09 Å². The number of para-hydroxylation sites is 1. The van der Waals surface area contributed by atoms with Gasteiger partial charge in [-0.3, -0.25) is 4.90 Å². The summed E-state index contributed by atoms with van der Waals surface area (Å²) in [6.45, 7) is 10.6. The van der Waals surface area contributed by atoms with Gasteiger partial charge in [0.05, 0.1) is 17.1 Å². The topological polar surface area (TPSA) is 56.2 Å². The van der Waals surface area contributed by atoms with Crippen LogP contribution in [0.2, 0.25) is 0 Å². The van der Waals surface area contributed by atoms with Crippen LogP contribution in [-0.4, -0.2) is 72.0 Å². The summed E-state index contributed by atoms with van der Waals surface area (Å²) < 4.78 is 20.6. The van der Waals surface area contributed by atoms with Crippen LogP contribution < -0.4 is 9.47 Å². The summed E-state index contributed by atoms with van der Waals surface area (Å²) in [5.74, 6) is 1.81. The molecule has 38 heavy (non-hydrogen) atoms. The van der Waals surface area contributed by atoms with Gasteiger partial charge in [0.1, 0.15) is 30.3 Å². The van der Waals surface area contributed by atoms with Crippen LogP contribution in [0.1, 0.15) is 32.4 Å². The Hall–Kier alpha value is -3.71. The molecule has 3 aromatic carbocycles. The fourth-order valence-electron chi connectivity index (χ4n) is 5.57. The minimum absolute atomic E-state index is 0.0996. The molecule has 1 fully saturated rings. The highest BCUT2D eigenvalue weighted by Crippen LogP contribution is 2.44. The van der Waals surface area contributed by atoms with Gasteiger partial charge in [-0.05, 0) is 44.5 Å². The van der Waals surface area contributed by atoms with Crippen LogP contribution in [0, 0.1) is 0 Å². The predicted octanol–water partition coefficient (Wildman–Crippen LogP) is 5.71. The van der Waals surface area contributed by atoms with Crippen molar-refractivity contribution in [2.24, 2.45) is 0 Å². The zero-order chi connectivity index (χ0) is 26.3. The molecule has 7 heteroatoms. The molecule has 4 aromatic rings. The molecule has 0 saturated carbocycles. The van der Waals surface area contributed by atoms with Gasteiger partial charge in [-0.2, -0.15) is 0 Å². The average molecular weight is 514 g/mol. The van der Waals surface area contributed by atoms with E-state index in [-0.39, 0.29) is 12.1 Å². The number of nitrogens with zero attached hydrogens (tertiary/aromatic N) is 3. The van der Waals surface area contributed by atoms with E-state index in [1.807, 2.05) is 26.8 Å². The van der Waals surface area contributed by atoms with Gasteiger partial charge in [-0.25, -0.2) is 4.79 Å². The van der Waals surface area contributed by atoms with Crippen molar-refractivity contribution < 1.29 is 19.0 Å². The fourth-order valence-corrected chi connectivity index (χ4v) is 5.57. The van der Waals surface area contributed by atoms with E-state index in [4.69, 9.17) is 14.2 Å². The van der Waals surface area contributed by atoms with Crippen molar-refractivity contribution in [1.82, 2.24) is 14.4 Å². The molecule has 1 saturated heterocycles. The largest absolute Gasteiger partial charge is 0.492 e. The summed E-state index contributed by atoms with van der Waals surface area (Å²) in [4.78, 5) is 16.5. The van der Waals surface area contributed by atoms with Crippen LogP contribution in [0.15, 0.2) is 66.7 Å². The lowest BCUT2D eigenvalue weighted by molar-refractivity contribution is 0.0137. The van der Waals surface area contributed by atoms with Gasteiger partial charge in [-0.15, -0.1) is 0 Å². The Morgan fingerprint density at radius 1 is 0.947 bits per heavy atom. The molecule has 0 spiro atoms. The van der Waals surface area contributed by atoms with Crippen molar-refractivity contribution in [3.8, 4) is 11.5 Å². The number of hydrogen-bond acceptors (Lipinski definition) is 5. The summed E-state index contributed by atoms with van der Waals surface area (Å²) in [7, 11) is 0. The highest BCUT2D eigenvalue weighted by molar-refractivity contribution is 6.13. The first-order chi connectivity index (χ1) is 18.4. The molecule has 0 radical (unpaired) electrons. The first-order valence-corrected chi connectivity index (χ1v) is 13.5. The first-order valence-electron chi connectivity index (χ1n) is 13.5. The normalized spacial score (nSPS) is 18.0. The molecule has 1 amide bonds. The van der Waals surface area contributed by atoms with Crippen LogP contribution in [0.25, 0.3) is 21.8 Å². The molecule has 0 aliphatic carbocycles. The molecule has 7 nitrogen and oxygen atoms in total. The van der Waals surface area contributed by atoms with Gasteiger partial charge in [0.25, 0.3) is 0 Å². The van der Waals surface area contributed by atoms with E-state index >= 15 is 0 Å². The Morgan fingerprint density at radius 2 is 1.71 bits per heavy atom. The number of carbonyl (C=O) groups is 1. The lowest BCUT2D eigenvalue weighted by Crippen LogP contribution is -2.50. The van der Waals surface area contributed by atoms with Gasteiger partial charge < -0.3 is 23.7 Å². The third kappa shape index (κ3) is 4.67. The zero-order valence-corrected chi connectivity index (χ0v) is 22.4. The van der Waals surface area contributed by atoms with Crippen LogP contribution >= 0.6 is 0 Å².